The van der Waals surface area contributed by atoms with Crippen molar-refractivity contribution in [2.24, 2.45) is 4.99 Å². The van der Waals surface area contributed by atoms with E-state index in [1.807, 2.05) is 24.3 Å². The number of hydrogen-bond acceptors (Lipinski definition) is 3. The number of aliphatic imine (C=N–C) groups is 1. The first kappa shape index (κ1) is 13.8. The SMILES string of the molecule is Oc1ccccc1C=Nc1ccc(CN2CCCC2)cc1. The molecule has 3 heteroatoms. The van der Waals surface area contributed by atoms with E-state index in [4.69, 9.17) is 0 Å². The van der Waals surface area contributed by atoms with Gasteiger partial charge in [0, 0.05) is 18.3 Å². The van der Waals surface area contributed by atoms with E-state index >= 15 is 0 Å². The average Bonchev–Trinajstić information content (AvgIpc) is 3.01. The molecule has 1 N–H and O–H groups in total. The van der Waals surface area contributed by atoms with Crippen molar-refractivity contribution >= 4 is 11.9 Å². The number of likely N-dealkylation sites (tertiary alicyclic amines) is 1. The summed E-state index contributed by atoms with van der Waals surface area (Å²) in [5.74, 6) is 0.256. The normalized spacial score (nSPS) is 15.8. The van der Waals surface area contributed by atoms with Gasteiger partial charge in [0.25, 0.3) is 0 Å². The van der Waals surface area contributed by atoms with Gasteiger partial charge in [0.05, 0.1) is 5.69 Å². The van der Waals surface area contributed by atoms with Crippen LogP contribution in [0.5, 0.6) is 5.75 Å². The molecule has 2 aromatic carbocycles. The first-order chi connectivity index (χ1) is 10.3. The predicted octanol–water partition coefficient (Wildman–Crippen LogP) is 3.74. The van der Waals surface area contributed by atoms with Crippen LogP contribution in [0.2, 0.25) is 0 Å². The van der Waals surface area contributed by atoms with Crippen LogP contribution < -0.4 is 0 Å². The molecular formula is C18H20N2O. The Morgan fingerprint density at radius 1 is 1.00 bits per heavy atom. The highest BCUT2D eigenvalue weighted by Gasteiger charge is 2.11. The Morgan fingerprint density at radius 2 is 1.71 bits per heavy atom. The number of nitrogens with zero attached hydrogens (tertiary/aromatic N) is 2. The molecule has 3 nitrogen and oxygen atoms in total. The third kappa shape index (κ3) is 3.70. The van der Waals surface area contributed by atoms with Crippen LogP contribution in [0.15, 0.2) is 53.5 Å². The molecule has 0 spiro atoms. The lowest BCUT2D eigenvalue weighted by Gasteiger charge is -2.14. The Kier molecular flexibility index (Phi) is 4.31. The topological polar surface area (TPSA) is 35.8 Å². The molecule has 1 heterocycles. The lowest BCUT2D eigenvalue weighted by atomic mass is 10.2. The fourth-order valence-corrected chi connectivity index (χ4v) is 2.63. The van der Waals surface area contributed by atoms with E-state index in [9.17, 15) is 5.11 Å². The molecule has 0 unspecified atom stereocenters. The molecule has 1 aliphatic heterocycles. The summed E-state index contributed by atoms with van der Waals surface area (Å²) in [4.78, 5) is 6.90. The monoisotopic (exact) mass is 280 g/mol. The number of phenols is 1. The van der Waals surface area contributed by atoms with Crippen molar-refractivity contribution in [3.8, 4) is 5.75 Å². The highest BCUT2D eigenvalue weighted by Crippen LogP contribution is 2.18. The third-order valence-electron chi connectivity index (χ3n) is 3.83. The molecule has 1 saturated heterocycles. The zero-order valence-corrected chi connectivity index (χ0v) is 12.1. The zero-order chi connectivity index (χ0) is 14.5. The zero-order valence-electron chi connectivity index (χ0n) is 12.1. The molecule has 108 valence electrons. The summed E-state index contributed by atoms with van der Waals surface area (Å²) in [5.41, 5.74) is 2.97. The van der Waals surface area contributed by atoms with Crippen molar-refractivity contribution in [3.05, 3.63) is 59.7 Å². The van der Waals surface area contributed by atoms with E-state index in [1.54, 1.807) is 18.3 Å². The molecule has 2 aromatic rings. The number of hydrogen-bond donors (Lipinski definition) is 1. The van der Waals surface area contributed by atoms with Crippen LogP contribution in [0.3, 0.4) is 0 Å². The minimum absolute atomic E-state index is 0.256. The van der Waals surface area contributed by atoms with Crippen LogP contribution >= 0.6 is 0 Å². The molecular weight excluding hydrogens is 260 g/mol. The van der Waals surface area contributed by atoms with Gasteiger partial charge in [-0.2, -0.15) is 0 Å². The fraction of sp³-hybridized carbons (Fsp3) is 0.278. The minimum atomic E-state index is 0.256. The predicted molar refractivity (Wildman–Crippen MR) is 86.3 cm³/mol. The molecule has 0 bridgehead atoms. The molecule has 3 rings (SSSR count). The Labute approximate surface area is 125 Å². The fourth-order valence-electron chi connectivity index (χ4n) is 2.63. The summed E-state index contributed by atoms with van der Waals surface area (Å²) in [6, 6.07) is 15.5. The summed E-state index contributed by atoms with van der Waals surface area (Å²) in [6.45, 7) is 3.46. The molecule has 1 fully saturated rings. The third-order valence-corrected chi connectivity index (χ3v) is 3.83. The first-order valence-corrected chi connectivity index (χ1v) is 7.45. The summed E-state index contributed by atoms with van der Waals surface area (Å²) < 4.78 is 0. The van der Waals surface area contributed by atoms with Crippen LogP contribution in [-0.4, -0.2) is 29.3 Å². The second-order valence-corrected chi connectivity index (χ2v) is 5.47. The van der Waals surface area contributed by atoms with Crippen LogP contribution in [0.1, 0.15) is 24.0 Å². The van der Waals surface area contributed by atoms with E-state index in [2.05, 4.69) is 22.0 Å². The molecule has 21 heavy (non-hydrogen) atoms. The van der Waals surface area contributed by atoms with Crippen LogP contribution in [0, 0.1) is 0 Å². The summed E-state index contributed by atoms with van der Waals surface area (Å²) in [7, 11) is 0. The average molecular weight is 280 g/mol. The molecule has 0 aliphatic carbocycles. The lowest BCUT2D eigenvalue weighted by Crippen LogP contribution is -2.18. The Morgan fingerprint density at radius 3 is 2.43 bits per heavy atom. The standard InChI is InChI=1S/C18H20N2O/c21-18-6-2-1-5-16(18)13-19-17-9-7-15(8-10-17)14-20-11-3-4-12-20/h1-2,5-10,13,21H,3-4,11-12,14H2. The van der Waals surface area contributed by atoms with Crippen LogP contribution in [-0.2, 0) is 6.54 Å². The number of benzene rings is 2. The molecule has 0 atom stereocenters. The van der Waals surface area contributed by atoms with Gasteiger partial charge in [-0.05, 0) is 55.8 Å². The van der Waals surface area contributed by atoms with E-state index in [-0.39, 0.29) is 5.75 Å². The smallest absolute Gasteiger partial charge is 0.124 e. The maximum absolute atomic E-state index is 9.70. The van der Waals surface area contributed by atoms with Crippen molar-refractivity contribution in [3.63, 3.8) is 0 Å². The number of para-hydroxylation sites is 1. The maximum atomic E-state index is 9.70. The van der Waals surface area contributed by atoms with Crippen molar-refractivity contribution < 1.29 is 5.11 Å². The second kappa shape index (κ2) is 6.55. The Balaban J connectivity index is 1.65. The lowest BCUT2D eigenvalue weighted by molar-refractivity contribution is 0.331. The van der Waals surface area contributed by atoms with Crippen molar-refractivity contribution in [2.45, 2.75) is 19.4 Å². The van der Waals surface area contributed by atoms with Gasteiger partial charge in [-0.15, -0.1) is 0 Å². The van der Waals surface area contributed by atoms with Gasteiger partial charge in [0.1, 0.15) is 5.75 Å². The molecule has 0 aromatic heterocycles. The van der Waals surface area contributed by atoms with Gasteiger partial charge >= 0.3 is 0 Å². The minimum Gasteiger partial charge on any atom is -0.507 e. The highest BCUT2D eigenvalue weighted by molar-refractivity contribution is 5.85. The number of phenolic OH excluding ortho intramolecular Hbond substituents is 1. The van der Waals surface area contributed by atoms with Crippen molar-refractivity contribution in [1.82, 2.24) is 4.90 Å². The highest BCUT2D eigenvalue weighted by atomic mass is 16.3. The maximum Gasteiger partial charge on any atom is 0.124 e. The Hall–Kier alpha value is -2.13. The summed E-state index contributed by atoms with van der Waals surface area (Å²) in [6.07, 6.45) is 4.34. The Bertz CT molecular complexity index is 613. The quantitative estimate of drug-likeness (QED) is 0.866. The van der Waals surface area contributed by atoms with Gasteiger partial charge in [-0.3, -0.25) is 9.89 Å². The van der Waals surface area contributed by atoms with Crippen molar-refractivity contribution in [2.75, 3.05) is 13.1 Å². The van der Waals surface area contributed by atoms with Gasteiger partial charge in [0.15, 0.2) is 0 Å². The van der Waals surface area contributed by atoms with Crippen molar-refractivity contribution in [1.29, 1.82) is 0 Å². The van der Waals surface area contributed by atoms with Crippen LogP contribution in [0.25, 0.3) is 0 Å². The van der Waals surface area contributed by atoms with E-state index < -0.39 is 0 Å². The summed E-state index contributed by atoms with van der Waals surface area (Å²) in [5, 5.41) is 9.70. The second-order valence-electron chi connectivity index (χ2n) is 5.47. The molecule has 0 saturated carbocycles. The molecule has 1 aliphatic rings. The van der Waals surface area contributed by atoms with Gasteiger partial charge in [0.2, 0.25) is 0 Å². The van der Waals surface area contributed by atoms with E-state index in [1.165, 1.54) is 31.5 Å². The van der Waals surface area contributed by atoms with E-state index in [0.29, 0.717) is 0 Å². The van der Waals surface area contributed by atoms with Gasteiger partial charge in [-0.25, -0.2) is 0 Å². The van der Waals surface area contributed by atoms with E-state index in [0.717, 1.165) is 17.8 Å². The number of aromatic hydroxyl groups is 1. The largest absolute Gasteiger partial charge is 0.507 e. The summed E-state index contributed by atoms with van der Waals surface area (Å²) >= 11 is 0. The van der Waals surface area contributed by atoms with Gasteiger partial charge < -0.3 is 5.11 Å². The first-order valence-electron chi connectivity index (χ1n) is 7.45. The molecule has 0 amide bonds. The molecule has 0 radical (unpaired) electrons. The number of rotatable bonds is 4. The van der Waals surface area contributed by atoms with Crippen LogP contribution in [0.4, 0.5) is 5.69 Å². The van der Waals surface area contributed by atoms with Gasteiger partial charge in [-0.1, -0.05) is 24.3 Å².